The van der Waals surface area contributed by atoms with Crippen LogP contribution in [-0.2, 0) is 14.9 Å². The van der Waals surface area contributed by atoms with Gasteiger partial charge in [0.2, 0.25) is 0 Å². The van der Waals surface area contributed by atoms with Crippen molar-refractivity contribution in [1.29, 1.82) is 5.26 Å². The van der Waals surface area contributed by atoms with Gasteiger partial charge in [0.15, 0.2) is 0 Å². The monoisotopic (exact) mass is 227 g/mol. The van der Waals surface area contributed by atoms with E-state index in [2.05, 4.69) is 10.8 Å². The van der Waals surface area contributed by atoms with E-state index >= 15 is 0 Å². The molecule has 0 amide bonds. The molecule has 1 aliphatic rings. The Morgan fingerprint density at radius 3 is 2.88 bits per heavy atom. The topological polar surface area (TPSA) is 50.1 Å². The molecule has 3 nitrogen and oxygen atoms in total. The van der Waals surface area contributed by atoms with Gasteiger partial charge < -0.3 is 4.74 Å². The van der Waals surface area contributed by atoms with E-state index < -0.39 is 0 Å². The Kier molecular flexibility index (Phi) is 2.97. The number of hydrogen-bond donors (Lipinski definition) is 0. The maximum atomic E-state index is 11.0. The van der Waals surface area contributed by atoms with Gasteiger partial charge in [-0.25, -0.2) is 4.79 Å². The predicted octanol–water partition coefficient (Wildman–Crippen LogP) is 2.43. The fourth-order valence-electron chi connectivity index (χ4n) is 1.76. The minimum atomic E-state index is -0.378. The van der Waals surface area contributed by atoms with E-state index in [4.69, 9.17) is 5.26 Å². The van der Waals surface area contributed by atoms with Gasteiger partial charge in [-0.15, -0.1) is 0 Å². The van der Waals surface area contributed by atoms with E-state index in [0.29, 0.717) is 0 Å². The Balaban J connectivity index is 2.21. The summed E-state index contributed by atoms with van der Waals surface area (Å²) in [5.74, 6) is -0.378. The first kappa shape index (κ1) is 11.4. The maximum absolute atomic E-state index is 11.0. The van der Waals surface area contributed by atoms with E-state index in [9.17, 15) is 4.79 Å². The van der Waals surface area contributed by atoms with Gasteiger partial charge in [0.05, 0.1) is 18.6 Å². The molecule has 0 heterocycles. The molecule has 86 valence electrons. The van der Waals surface area contributed by atoms with Gasteiger partial charge in [-0.05, 0) is 30.0 Å². The molecular formula is C14H13NO2. The lowest BCUT2D eigenvalue weighted by Gasteiger charge is -2.06. The number of ether oxygens (including phenoxy) is 1. The maximum Gasteiger partial charge on any atom is 0.330 e. The SMILES string of the molecule is COC(=O)C=Cc1cccc(C2(C#N)CC2)c1. The second-order valence-corrected chi connectivity index (χ2v) is 4.18. The fraction of sp³-hybridized carbons (Fsp3) is 0.286. The summed E-state index contributed by atoms with van der Waals surface area (Å²) in [6.07, 6.45) is 4.93. The van der Waals surface area contributed by atoms with Gasteiger partial charge in [-0.1, -0.05) is 24.3 Å². The molecule has 0 aromatic heterocycles. The molecule has 2 rings (SSSR count). The van der Waals surface area contributed by atoms with Crippen molar-refractivity contribution in [1.82, 2.24) is 0 Å². The molecule has 1 saturated carbocycles. The number of nitriles is 1. The summed E-state index contributed by atoms with van der Waals surface area (Å²) in [6, 6.07) is 10.1. The quantitative estimate of drug-likeness (QED) is 0.588. The Bertz CT molecular complexity index is 507. The van der Waals surface area contributed by atoms with Crippen molar-refractivity contribution < 1.29 is 9.53 Å². The molecule has 1 aromatic carbocycles. The van der Waals surface area contributed by atoms with Crippen LogP contribution in [0.5, 0.6) is 0 Å². The zero-order valence-corrected chi connectivity index (χ0v) is 9.64. The third kappa shape index (κ3) is 2.36. The van der Waals surface area contributed by atoms with Gasteiger partial charge in [-0.2, -0.15) is 5.26 Å². The zero-order valence-electron chi connectivity index (χ0n) is 9.64. The van der Waals surface area contributed by atoms with Crippen LogP contribution in [0.4, 0.5) is 0 Å². The first-order chi connectivity index (χ1) is 8.20. The van der Waals surface area contributed by atoms with Crippen LogP contribution in [0.25, 0.3) is 6.08 Å². The van der Waals surface area contributed by atoms with E-state index in [-0.39, 0.29) is 11.4 Å². The summed E-state index contributed by atoms with van der Waals surface area (Å²) in [4.78, 5) is 11.0. The van der Waals surface area contributed by atoms with Crippen molar-refractivity contribution in [2.75, 3.05) is 7.11 Å². The summed E-state index contributed by atoms with van der Waals surface area (Å²) < 4.78 is 4.52. The molecule has 0 radical (unpaired) electrons. The summed E-state index contributed by atoms with van der Waals surface area (Å²) in [5.41, 5.74) is 1.66. The number of carbonyl (C=O) groups is 1. The molecule has 1 aromatic rings. The van der Waals surface area contributed by atoms with Crippen molar-refractivity contribution in [3.05, 3.63) is 41.5 Å². The van der Waals surface area contributed by atoms with Crippen LogP contribution in [0, 0.1) is 11.3 Å². The lowest BCUT2D eigenvalue weighted by molar-refractivity contribution is -0.134. The van der Waals surface area contributed by atoms with Gasteiger partial charge in [0, 0.05) is 6.08 Å². The first-order valence-corrected chi connectivity index (χ1v) is 5.48. The van der Waals surface area contributed by atoms with Crippen LogP contribution in [0.15, 0.2) is 30.3 Å². The zero-order chi connectivity index (χ0) is 12.3. The summed E-state index contributed by atoms with van der Waals surface area (Å²) in [6.45, 7) is 0. The summed E-state index contributed by atoms with van der Waals surface area (Å²) in [5, 5.41) is 9.11. The average Bonchev–Trinajstić information content (AvgIpc) is 3.17. The van der Waals surface area contributed by atoms with Crippen LogP contribution < -0.4 is 0 Å². The normalized spacial score (nSPS) is 16.5. The molecule has 0 aliphatic heterocycles. The third-order valence-electron chi connectivity index (χ3n) is 3.02. The highest BCUT2D eigenvalue weighted by Gasteiger charge is 2.44. The largest absolute Gasteiger partial charge is 0.466 e. The molecule has 0 bridgehead atoms. The summed E-state index contributed by atoms with van der Waals surface area (Å²) >= 11 is 0. The lowest BCUT2D eigenvalue weighted by atomic mass is 9.96. The number of esters is 1. The van der Waals surface area contributed by atoms with E-state index in [0.717, 1.165) is 24.0 Å². The minimum Gasteiger partial charge on any atom is -0.466 e. The lowest BCUT2D eigenvalue weighted by Crippen LogP contribution is -2.02. The number of methoxy groups -OCH3 is 1. The van der Waals surface area contributed by atoms with Crippen molar-refractivity contribution in [3.8, 4) is 6.07 Å². The van der Waals surface area contributed by atoms with E-state index in [1.807, 2.05) is 24.3 Å². The van der Waals surface area contributed by atoms with Crippen LogP contribution in [0.2, 0.25) is 0 Å². The summed E-state index contributed by atoms with van der Waals surface area (Å²) in [7, 11) is 1.35. The Labute approximate surface area is 100 Å². The number of nitrogens with zero attached hydrogens (tertiary/aromatic N) is 1. The fourth-order valence-corrected chi connectivity index (χ4v) is 1.76. The average molecular weight is 227 g/mol. The third-order valence-corrected chi connectivity index (χ3v) is 3.02. The predicted molar refractivity (Wildman–Crippen MR) is 64.0 cm³/mol. The van der Waals surface area contributed by atoms with Gasteiger partial charge in [-0.3, -0.25) is 0 Å². The highest BCUT2D eigenvalue weighted by atomic mass is 16.5. The van der Waals surface area contributed by atoms with Gasteiger partial charge >= 0.3 is 5.97 Å². The molecular weight excluding hydrogens is 214 g/mol. The molecule has 0 saturated heterocycles. The van der Waals surface area contributed by atoms with Crippen LogP contribution in [0.3, 0.4) is 0 Å². The molecule has 1 aliphatic carbocycles. The van der Waals surface area contributed by atoms with Crippen molar-refractivity contribution in [2.45, 2.75) is 18.3 Å². The molecule has 0 spiro atoms. The van der Waals surface area contributed by atoms with Gasteiger partial charge in [0.1, 0.15) is 0 Å². The minimum absolute atomic E-state index is 0.283. The van der Waals surface area contributed by atoms with Crippen molar-refractivity contribution >= 4 is 12.0 Å². The van der Waals surface area contributed by atoms with Gasteiger partial charge in [0.25, 0.3) is 0 Å². The molecule has 0 atom stereocenters. The molecule has 1 fully saturated rings. The Morgan fingerprint density at radius 2 is 2.29 bits per heavy atom. The second kappa shape index (κ2) is 4.42. The highest BCUT2D eigenvalue weighted by Crippen LogP contribution is 2.47. The smallest absolute Gasteiger partial charge is 0.330 e. The number of rotatable bonds is 3. The number of hydrogen-bond acceptors (Lipinski definition) is 3. The highest BCUT2D eigenvalue weighted by molar-refractivity contribution is 5.86. The second-order valence-electron chi connectivity index (χ2n) is 4.18. The van der Waals surface area contributed by atoms with Crippen molar-refractivity contribution in [2.24, 2.45) is 0 Å². The van der Waals surface area contributed by atoms with Crippen molar-refractivity contribution in [3.63, 3.8) is 0 Å². The molecule has 3 heteroatoms. The molecule has 0 unspecified atom stereocenters. The van der Waals surface area contributed by atoms with Crippen LogP contribution in [-0.4, -0.2) is 13.1 Å². The number of carbonyl (C=O) groups excluding carboxylic acids is 1. The standard InChI is InChI=1S/C14H13NO2/c1-17-13(16)6-5-11-3-2-4-12(9-11)14(10-15)7-8-14/h2-6,9H,7-8H2,1H3. The van der Waals surface area contributed by atoms with Crippen LogP contribution in [0.1, 0.15) is 24.0 Å². The molecule has 0 N–H and O–H groups in total. The first-order valence-electron chi connectivity index (χ1n) is 5.48. The van der Waals surface area contributed by atoms with Crippen LogP contribution >= 0.6 is 0 Å². The number of benzene rings is 1. The Morgan fingerprint density at radius 1 is 1.53 bits per heavy atom. The van der Waals surface area contributed by atoms with E-state index in [1.165, 1.54) is 13.2 Å². The Hall–Kier alpha value is -2.08. The van der Waals surface area contributed by atoms with E-state index in [1.54, 1.807) is 6.08 Å². The molecule has 17 heavy (non-hydrogen) atoms.